The summed E-state index contributed by atoms with van der Waals surface area (Å²) in [5.41, 5.74) is 7.76. The highest BCUT2D eigenvalue weighted by molar-refractivity contribution is 6.32. The van der Waals surface area contributed by atoms with Crippen molar-refractivity contribution in [2.75, 3.05) is 5.73 Å². The normalized spacial score (nSPS) is 12.6. The van der Waals surface area contributed by atoms with Crippen LogP contribution in [0.1, 0.15) is 31.7 Å². The Bertz CT molecular complexity index is 507. The van der Waals surface area contributed by atoms with Gasteiger partial charge >= 0.3 is 0 Å². The van der Waals surface area contributed by atoms with Crippen molar-refractivity contribution in [2.24, 2.45) is 0 Å². The van der Waals surface area contributed by atoms with E-state index < -0.39 is 0 Å². The molecule has 0 aromatic carbocycles. The van der Waals surface area contributed by atoms with Gasteiger partial charge in [0.2, 0.25) is 0 Å². The molecule has 0 bridgehead atoms. The van der Waals surface area contributed by atoms with Crippen LogP contribution in [0.2, 0.25) is 5.02 Å². The van der Waals surface area contributed by atoms with E-state index in [0.29, 0.717) is 16.8 Å². The number of pyridine rings is 1. The van der Waals surface area contributed by atoms with E-state index >= 15 is 0 Å². The van der Waals surface area contributed by atoms with Crippen molar-refractivity contribution >= 4 is 17.4 Å². The van der Waals surface area contributed by atoms with Crippen LogP contribution in [-0.2, 0) is 0 Å². The average molecular weight is 251 g/mol. The first-order valence-electron chi connectivity index (χ1n) is 5.59. The van der Waals surface area contributed by atoms with Crippen LogP contribution in [0, 0.1) is 0 Å². The Morgan fingerprint density at radius 2 is 2.29 bits per heavy atom. The van der Waals surface area contributed by atoms with E-state index in [9.17, 15) is 0 Å². The number of aromatic nitrogens is 3. The SMILES string of the molecule is CCC(C)c1c(N)ncc(Cl)c1-n1cccn1. The predicted molar refractivity (Wildman–Crippen MR) is 69.5 cm³/mol. The molecular formula is C12H15ClN4. The third-order valence-electron chi connectivity index (χ3n) is 2.91. The number of halogens is 1. The number of nitrogens with two attached hydrogens (primary N) is 1. The molecule has 0 aliphatic heterocycles. The summed E-state index contributed by atoms with van der Waals surface area (Å²) in [5.74, 6) is 0.814. The van der Waals surface area contributed by atoms with Gasteiger partial charge in [0, 0.05) is 18.0 Å². The number of hydrogen-bond donors (Lipinski definition) is 1. The number of anilines is 1. The van der Waals surface area contributed by atoms with Crippen molar-refractivity contribution in [1.82, 2.24) is 14.8 Å². The van der Waals surface area contributed by atoms with Crippen LogP contribution in [0.5, 0.6) is 0 Å². The third-order valence-corrected chi connectivity index (χ3v) is 3.19. The summed E-state index contributed by atoms with van der Waals surface area (Å²) >= 11 is 6.21. The fourth-order valence-electron chi connectivity index (χ4n) is 1.83. The Morgan fingerprint density at radius 1 is 1.53 bits per heavy atom. The minimum atomic E-state index is 0.292. The highest BCUT2D eigenvalue weighted by atomic mass is 35.5. The fraction of sp³-hybridized carbons (Fsp3) is 0.333. The number of hydrogen-bond acceptors (Lipinski definition) is 3. The molecule has 0 aliphatic carbocycles. The quantitative estimate of drug-likeness (QED) is 0.911. The molecule has 2 heterocycles. The van der Waals surface area contributed by atoms with Crippen molar-refractivity contribution in [3.05, 3.63) is 35.2 Å². The van der Waals surface area contributed by atoms with Gasteiger partial charge in [-0.25, -0.2) is 9.67 Å². The maximum atomic E-state index is 6.21. The summed E-state index contributed by atoms with van der Waals surface area (Å²) in [6.45, 7) is 4.22. The molecular weight excluding hydrogens is 236 g/mol. The second-order valence-electron chi connectivity index (χ2n) is 4.01. The van der Waals surface area contributed by atoms with Crippen LogP contribution in [0.4, 0.5) is 5.82 Å². The smallest absolute Gasteiger partial charge is 0.129 e. The molecule has 0 radical (unpaired) electrons. The summed E-state index contributed by atoms with van der Waals surface area (Å²) in [6, 6.07) is 1.85. The van der Waals surface area contributed by atoms with Crippen molar-refractivity contribution in [1.29, 1.82) is 0 Å². The van der Waals surface area contributed by atoms with E-state index in [1.165, 1.54) is 0 Å². The van der Waals surface area contributed by atoms with Gasteiger partial charge in [-0.05, 0) is 18.4 Å². The summed E-state index contributed by atoms with van der Waals surface area (Å²) < 4.78 is 1.74. The summed E-state index contributed by atoms with van der Waals surface area (Å²) in [5, 5.41) is 4.78. The van der Waals surface area contributed by atoms with Gasteiger partial charge in [-0.15, -0.1) is 0 Å². The maximum Gasteiger partial charge on any atom is 0.129 e. The zero-order valence-corrected chi connectivity index (χ0v) is 10.6. The average Bonchev–Trinajstić information content (AvgIpc) is 2.84. The fourth-order valence-corrected chi connectivity index (χ4v) is 2.07. The third kappa shape index (κ3) is 2.13. The summed E-state index contributed by atoms with van der Waals surface area (Å²) in [7, 11) is 0. The monoisotopic (exact) mass is 250 g/mol. The zero-order valence-electron chi connectivity index (χ0n) is 9.89. The van der Waals surface area contributed by atoms with Crippen LogP contribution < -0.4 is 5.73 Å². The minimum Gasteiger partial charge on any atom is -0.383 e. The molecule has 4 nitrogen and oxygen atoms in total. The van der Waals surface area contributed by atoms with E-state index in [1.54, 1.807) is 17.1 Å². The Labute approximate surface area is 105 Å². The van der Waals surface area contributed by atoms with Crippen LogP contribution in [0.25, 0.3) is 5.69 Å². The van der Waals surface area contributed by atoms with Gasteiger partial charge in [0.05, 0.1) is 16.9 Å². The van der Waals surface area contributed by atoms with Gasteiger partial charge in [0.1, 0.15) is 5.82 Å². The molecule has 1 unspecified atom stereocenters. The van der Waals surface area contributed by atoms with Crippen molar-refractivity contribution in [3.63, 3.8) is 0 Å². The Hall–Kier alpha value is -1.55. The second-order valence-corrected chi connectivity index (χ2v) is 4.42. The van der Waals surface area contributed by atoms with Crippen LogP contribution in [0.15, 0.2) is 24.7 Å². The summed E-state index contributed by atoms with van der Waals surface area (Å²) in [6.07, 6.45) is 6.11. The second kappa shape index (κ2) is 4.75. The van der Waals surface area contributed by atoms with Gasteiger partial charge in [-0.2, -0.15) is 5.10 Å². The van der Waals surface area contributed by atoms with Gasteiger partial charge in [-0.3, -0.25) is 0 Å². The van der Waals surface area contributed by atoms with Crippen LogP contribution >= 0.6 is 11.6 Å². The molecule has 2 aromatic rings. The molecule has 5 heteroatoms. The maximum absolute atomic E-state index is 6.21. The van der Waals surface area contributed by atoms with E-state index in [0.717, 1.165) is 17.7 Å². The van der Waals surface area contributed by atoms with Gasteiger partial charge in [-0.1, -0.05) is 25.4 Å². The molecule has 0 aliphatic rings. The highest BCUT2D eigenvalue weighted by Gasteiger charge is 2.18. The standard InChI is InChI=1S/C12H15ClN4/c1-3-8(2)10-11(17-6-4-5-16-17)9(13)7-15-12(10)14/h4-8H,3H2,1-2H3,(H2,14,15). The van der Waals surface area contributed by atoms with Gasteiger partial charge in [0.15, 0.2) is 0 Å². The molecule has 0 spiro atoms. The molecule has 0 saturated heterocycles. The topological polar surface area (TPSA) is 56.7 Å². The molecule has 1 atom stereocenters. The molecule has 0 saturated carbocycles. The minimum absolute atomic E-state index is 0.292. The molecule has 2 rings (SSSR count). The van der Waals surface area contributed by atoms with E-state index in [-0.39, 0.29) is 0 Å². The van der Waals surface area contributed by atoms with E-state index in [1.807, 2.05) is 12.3 Å². The lowest BCUT2D eigenvalue weighted by Crippen LogP contribution is -2.09. The zero-order chi connectivity index (χ0) is 12.4. The Kier molecular flexibility index (Phi) is 3.33. The number of nitrogens with zero attached hydrogens (tertiary/aromatic N) is 3. The van der Waals surface area contributed by atoms with Crippen LogP contribution in [0.3, 0.4) is 0 Å². The summed E-state index contributed by atoms with van der Waals surface area (Å²) in [4.78, 5) is 4.12. The van der Waals surface area contributed by atoms with Crippen LogP contribution in [-0.4, -0.2) is 14.8 Å². The lowest BCUT2D eigenvalue weighted by molar-refractivity contribution is 0.716. The predicted octanol–water partition coefficient (Wildman–Crippen LogP) is 3.02. The van der Waals surface area contributed by atoms with Crippen molar-refractivity contribution < 1.29 is 0 Å². The first-order chi connectivity index (χ1) is 8.15. The lowest BCUT2D eigenvalue weighted by Gasteiger charge is -2.17. The number of nitrogen functional groups attached to an aromatic ring is 1. The highest BCUT2D eigenvalue weighted by Crippen LogP contribution is 2.33. The number of rotatable bonds is 3. The molecule has 2 aromatic heterocycles. The molecule has 90 valence electrons. The van der Waals surface area contributed by atoms with Crippen molar-refractivity contribution in [2.45, 2.75) is 26.2 Å². The molecule has 0 amide bonds. The molecule has 0 fully saturated rings. The Morgan fingerprint density at radius 3 is 2.88 bits per heavy atom. The molecule has 2 N–H and O–H groups in total. The van der Waals surface area contributed by atoms with Gasteiger partial charge in [0.25, 0.3) is 0 Å². The van der Waals surface area contributed by atoms with E-state index in [4.69, 9.17) is 17.3 Å². The molecule has 17 heavy (non-hydrogen) atoms. The van der Waals surface area contributed by atoms with E-state index in [2.05, 4.69) is 23.9 Å². The lowest BCUT2D eigenvalue weighted by atomic mass is 9.97. The Balaban J connectivity index is 2.67. The van der Waals surface area contributed by atoms with Gasteiger partial charge < -0.3 is 5.73 Å². The largest absolute Gasteiger partial charge is 0.383 e. The first kappa shape index (κ1) is 11.9. The first-order valence-corrected chi connectivity index (χ1v) is 5.96. The van der Waals surface area contributed by atoms with Crippen molar-refractivity contribution in [3.8, 4) is 5.69 Å².